The number of halogens is 2. The van der Waals surface area contributed by atoms with Crippen LogP contribution in [0.1, 0.15) is 29.2 Å². The normalized spacial score (nSPS) is 11.6. The Morgan fingerprint density at radius 3 is 3.00 bits per heavy atom. The van der Waals surface area contributed by atoms with E-state index in [4.69, 9.17) is 16.2 Å². The van der Waals surface area contributed by atoms with Crippen LogP contribution in [0.25, 0.3) is 0 Å². The highest BCUT2D eigenvalue weighted by atomic mass is 35.5. The van der Waals surface area contributed by atoms with Gasteiger partial charge in [0.25, 0.3) is 0 Å². The third kappa shape index (κ3) is 4.88. The Labute approximate surface area is 165 Å². The maximum Gasteiger partial charge on any atom is 0.240 e. The van der Waals surface area contributed by atoms with E-state index in [1.165, 1.54) is 23.9 Å². The maximum atomic E-state index is 13.3. The molecule has 0 bridgehead atoms. The summed E-state index contributed by atoms with van der Waals surface area (Å²) in [6.07, 6.45) is 0.733. The highest BCUT2D eigenvalue weighted by molar-refractivity contribution is 7.99. The fourth-order valence-electron chi connectivity index (χ4n) is 2.03. The van der Waals surface area contributed by atoms with Gasteiger partial charge in [0.2, 0.25) is 11.6 Å². The molecule has 3 rings (SSSR count). The number of thioether (sulfide) groups is 1. The zero-order valence-corrected chi connectivity index (χ0v) is 15.5. The van der Waals surface area contributed by atoms with Crippen LogP contribution in [-0.2, 0) is 0 Å². The van der Waals surface area contributed by atoms with Gasteiger partial charge in [-0.05, 0) is 40.1 Å². The quantitative estimate of drug-likeness (QED) is 0.122. The van der Waals surface area contributed by atoms with Crippen molar-refractivity contribution in [1.29, 1.82) is 0 Å². The van der Waals surface area contributed by atoms with Crippen LogP contribution in [0.3, 0.4) is 0 Å². The minimum atomic E-state index is -0.589. The second-order valence-electron chi connectivity index (χ2n) is 5.20. The van der Waals surface area contributed by atoms with Gasteiger partial charge in [-0.15, -0.1) is 22.0 Å². The third-order valence-corrected chi connectivity index (χ3v) is 4.64. The number of carbonyl (C=O) groups excluding carboxylic acids is 1. The number of hydrogen-bond donors (Lipinski definition) is 3. The minimum absolute atomic E-state index is 0.0330. The van der Waals surface area contributed by atoms with Crippen LogP contribution >= 0.6 is 23.4 Å². The Morgan fingerprint density at radius 2 is 2.29 bits per heavy atom. The number of rotatable bonds is 8. The molecule has 3 aromatic rings. The van der Waals surface area contributed by atoms with Crippen molar-refractivity contribution in [3.63, 3.8) is 0 Å². The molecule has 0 saturated heterocycles. The zero-order valence-electron chi connectivity index (χ0n) is 14.0. The van der Waals surface area contributed by atoms with Crippen molar-refractivity contribution in [3.05, 3.63) is 40.6 Å². The van der Waals surface area contributed by atoms with Crippen LogP contribution < -0.4 is 5.48 Å². The van der Waals surface area contributed by atoms with Crippen molar-refractivity contribution < 1.29 is 19.0 Å². The van der Waals surface area contributed by atoms with Crippen LogP contribution in [-0.4, -0.2) is 53.5 Å². The number of Topliss-reactive ketones (excluding diaryl/α,β-unsaturated/α-hetero) is 1. The van der Waals surface area contributed by atoms with Crippen LogP contribution in [0.4, 0.5) is 10.1 Å². The lowest BCUT2D eigenvalue weighted by Crippen LogP contribution is -2.21. The Balaban J connectivity index is 1.63. The number of ketones is 1. The van der Waals surface area contributed by atoms with E-state index >= 15 is 0 Å². The number of nitrogens with zero attached hydrogens (tertiary/aromatic N) is 6. The molecule has 0 amide bonds. The summed E-state index contributed by atoms with van der Waals surface area (Å²) in [7, 11) is 0. The van der Waals surface area contributed by atoms with Crippen molar-refractivity contribution in [2.24, 2.45) is 4.99 Å². The largest absolute Gasteiger partial charge is 0.291 e. The number of carbonyl (C=O) groups is 1. The molecule has 146 valence electrons. The molecule has 0 radical (unpaired) electrons. The molecular weight excluding hydrogens is 415 g/mol. The number of benzene rings is 1. The van der Waals surface area contributed by atoms with Crippen LogP contribution in [0.2, 0.25) is 5.02 Å². The summed E-state index contributed by atoms with van der Waals surface area (Å²) >= 11 is 6.97. The Morgan fingerprint density at radius 1 is 1.43 bits per heavy atom. The van der Waals surface area contributed by atoms with Crippen LogP contribution in [0.15, 0.2) is 32.8 Å². The number of hydrogen-bond acceptors (Lipinski definition) is 10. The topological polar surface area (TPSA) is 155 Å². The smallest absolute Gasteiger partial charge is 0.240 e. The van der Waals surface area contributed by atoms with Crippen molar-refractivity contribution in [2.45, 2.75) is 17.9 Å². The molecule has 14 heteroatoms. The summed E-state index contributed by atoms with van der Waals surface area (Å²) < 4.78 is 18.0. The van der Waals surface area contributed by atoms with Gasteiger partial charge in [-0.1, -0.05) is 11.6 Å². The first-order valence-corrected chi connectivity index (χ1v) is 9.11. The molecular formula is C14H12ClFN8O3S. The molecule has 3 N–H and O–H groups in total. The highest BCUT2D eigenvalue weighted by Crippen LogP contribution is 2.24. The molecule has 0 aliphatic heterocycles. The molecule has 11 nitrogen and oxygen atoms in total. The number of amidine groups is 1. The summed E-state index contributed by atoms with van der Waals surface area (Å²) in [6, 6.07) is 3.81. The predicted octanol–water partition coefficient (Wildman–Crippen LogP) is 2.19. The summed E-state index contributed by atoms with van der Waals surface area (Å²) in [5.41, 5.74) is 2.35. The molecule has 0 aliphatic carbocycles. The Kier molecular flexibility index (Phi) is 6.62. The Hall–Kier alpha value is -2.90. The summed E-state index contributed by atoms with van der Waals surface area (Å²) in [6.45, 7) is 0. The highest BCUT2D eigenvalue weighted by Gasteiger charge is 2.18. The summed E-state index contributed by atoms with van der Waals surface area (Å²) in [4.78, 5) is 15.9. The molecule has 0 aliphatic rings. The number of hydroxylamine groups is 1. The van der Waals surface area contributed by atoms with Gasteiger partial charge in [-0.3, -0.25) is 15.5 Å². The minimum Gasteiger partial charge on any atom is -0.291 e. The lowest BCUT2D eigenvalue weighted by Gasteiger charge is -2.03. The monoisotopic (exact) mass is 426 g/mol. The van der Waals surface area contributed by atoms with Crippen molar-refractivity contribution >= 4 is 40.7 Å². The standard InChI is InChI=1S/C14H12ClFN8O3S/c15-8-6-7(3-4-9(8)16)17-13(20-26)11-14(22-27-21-11)28-5-1-2-10(25)12-18-23-24-19-12/h3-4,6,26H,1-2,5H2,(H,17,20)(H,18,19,23,24). The van der Waals surface area contributed by atoms with E-state index in [0.717, 1.165) is 6.07 Å². The first kappa shape index (κ1) is 19.9. The van der Waals surface area contributed by atoms with E-state index in [-0.39, 0.29) is 40.3 Å². The van der Waals surface area contributed by atoms with E-state index in [0.29, 0.717) is 17.2 Å². The van der Waals surface area contributed by atoms with Crippen LogP contribution in [0, 0.1) is 5.82 Å². The number of tetrazole rings is 1. The summed E-state index contributed by atoms with van der Waals surface area (Å²) in [5.74, 6) is -0.347. The molecule has 0 fully saturated rings. The molecule has 0 saturated carbocycles. The second-order valence-corrected chi connectivity index (χ2v) is 6.69. The van der Waals surface area contributed by atoms with Gasteiger partial charge in [0.05, 0.1) is 10.7 Å². The molecule has 2 heterocycles. The average Bonchev–Trinajstić information content (AvgIpc) is 3.38. The number of nitrogens with one attached hydrogen (secondary N) is 2. The maximum absolute atomic E-state index is 13.3. The fourth-order valence-corrected chi connectivity index (χ4v) is 3.04. The molecule has 0 unspecified atom stereocenters. The average molecular weight is 427 g/mol. The third-order valence-electron chi connectivity index (χ3n) is 3.31. The van der Waals surface area contributed by atoms with Gasteiger partial charge in [-0.2, -0.15) is 5.21 Å². The lowest BCUT2D eigenvalue weighted by atomic mass is 10.2. The van der Waals surface area contributed by atoms with Crippen molar-refractivity contribution in [2.75, 3.05) is 5.75 Å². The number of H-pyrrole nitrogens is 1. The molecule has 28 heavy (non-hydrogen) atoms. The van der Waals surface area contributed by atoms with Crippen molar-refractivity contribution in [3.8, 4) is 0 Å². The molecule has 0 spiro atoms. The van der Waals surface area contributed by atoms with Gasteiger partial charge >= 0.3 is 0 Å². The van der Waals surface area contributed by atoms with E-state index in [1.807, 2.05) is 5.48 Å². The van der Waals surface area contributed by atoms with Gasteiger partial charge in [-0.25, -0.2) is 14.0 Å². The number of aromatic amines is 1. The number of aliphatic imine (C=N–C) groups is 1. The zero-order chi connectivity index (χ0) is 19.9. The van der Waals surface area contributed by atoms with Gasteiger partial charge in [0.15, 0.2) is 16.6 Å². The molecule has 1 aromatic carbocycles. The van der Waals surface area contributed by atoms with Gasteiger partial charge in [0, 0.05) is 12.2 Å². The summed E-state index contributed by atoms with van der Waals surface area (Å²) in [5, 5.41) is 29.9. The second kappa shape index (κ2) is 9.34. The fraction of sp³-hybridized carbons (Fsp3) is 0.214. The van der Waals surface area contributed by atoms with E-state index < -0.39 is 5.82 Å². The van der Waals surface area contributed by atoms with E-state index in [1.54, 1.807) is 0 Å². The first-order chi connectivity index (χ1) is 13.6. The molecule has 0 atom stereocenters. The lowest BCUT2D eigenvalue weighted by molar-refractivity contribution is 0.0972. The van der Waals surface area contributed by atoms with Gasteiger partial charge in [0.1, 0.15) is 5.82 Å². The van der Waals surface area contributed by atoms with Crippen LogP contribution in [0.5, 0.6) is 0 Å². The van der Waals surface area contributed by atoms with Gasteiger partial charge < -0.3 is 0 Å². The van der Waals surface area contributed by atoms with E-state index in [2.05, 4.69) is 35.9 Å². The van der Waals surface area contributed by atoms with Crippen molar-refractivity contribution in [1.82, 2.24) is 36.4 Å². The molecule has 2 aromatic heterocycles. The predicted molar refractivity (Wildman–Crippen MR) is 95.3 cm³/mol. The Bertz CT molecular complexity index is 981. The first-order valence-electron chi connectivity index (χ1n) is 7.74. The SMILES string of the molecule is O=C(CCCSc1nonc1C(=Nc1ccc(F)c(Cl)c1)NO)c1nn[nH]n1. The van der Waals surface area contributed by atoms with E-state index in [9.17, 15) is 14.4 Å². The number of aromatic nitrogens is 6.